The second-order valence-corrected chi connectivity index (χ2v) is 6.30. The van der Waals surface area contributed by atoms with Gasteiger partial charge in [-0.3, -0.25) is 0 Å². The van der Waals surface area contributed by atoms with Crippen LogP contribution in [-0.2, 0) is 11.3 Å². The predicted molar refractivity (Wildman–Crippen MR) is 87.9 cm³/mol. The van der Waals surface area contributed by atoms with Crippen LogP contribution in [0.1, 0.15) is 36.4 Å². The molecule has 1 unspecified atom stereocenters. The molecule has 126 valence electrons. The Morgan fingerprint density at radius 1 is 1.30 bits per heavy atom. The van der Waals surface area contributed by atoms with Crippen molar-refractivity contribution in [1.29, 1.82) is 0 Å². The quantitative estimate of drug-likeness (QED) is 0.849. The largest absolute Gasteiger partial charge is 0.385 e. The normalized spacial score (nSPS) is 18.7. The molecule has 1 N–H and O–H groups in total. The minimum absolute atomic E-state index is 0.303. The molecule has 1 saturated heterocycles. The summed E-state index contributed by atoms with van der Waals surface area (Å²) in [6, 6.07) is 2.46. The number of hydrogen-bond acceptors (Lipinski definition) is 2. The summed E-state index contributed by atoms with van der Waals surface area (Å²) in [4.78, 5) is 0. The number of aryl methyl sites for hydroxylation is 2. The first-order valence-corrected chi connectivity index (χ1v) is 8.31. The van der Waals surface area contributed by atoms with Crippen molar-refractivity contribution >= 4 is 10.9 Å². The Hall–Kier alpha value is -1.46. The zero-order chi connectivity index (χ0) is 16.4. The Morgan fingerprint density at radius 3 is 2.78 bits per heavy atom. The van der Waals surface area contributed by atoms with Crippen molar-refractivity contribution in [1.82, 2.24) is 9.88 Å². The molecule has 0 radical (unpaired) electrons. The number of methoxy groups -OCH3 is 1. The highest BCUT2D eigenvalue weighted by Gasteiger charge is 2.26. The molecule has 0 amide bonds. The molecule has 1 aromatic heterocycles. The summed E-state index contributed by atoms with van der Waals surface area (Å²) in [6.45, 7) is 5.05. The maximum atomic E-state index is 14.5. The van der Waals surface area contributed by atoms with Gasteiger partial charge in [0.1, 0.15) is 11.6 Å². The van der Waals surface area contributed by atoms with Crippen molar-refractivity contribution < 1.29 is 13.5 Å². The standard InChI is InChI=1S/C18H24F2N2O/c1-12-16-14(19)6-7-15(20)18(16)22(9-4-10-23-2)17(12)13-5-3-8-21-11-13/h6-7,13,21H,3-5,8-11H2,1-2H3. The number of rotatable bonds is 5. The molecule has 2 aromatic rings. The molecule has 23 heavy (non-hydrogen) atoms. The second-order valence-electron chi connectivity index (χ2n) is 6.30. The summed E-state index contributed by atoms with van der Waals surface area (Å²) in [6.07, 6.45) is 2.93. The highest BCUT2D eigenvalue weighted by Crippen LogP contribution is 2.36. The van der Waals surface area contributed by atoms with E-state index in [0.717, 1.165) is 43.6 Å². The van der Waals surface area contributed by atoms with Crippen LogP contribution >= 0.6 is 0 Å². The molecule has 1 aliphatic rings. The number of fused-ring (bicyclic) bond motifs is 1. The lowest BCUT2D eigenvalue weighted by Crippen LogP contribution is -2.30. The number of aromatic nitrogens is 1. The smallest absolute Gasteiger partial charge is 0.147 e. The minimum Gasteiger partial charge on any atom is -0.385 e. The molecule has 5 heteroatoms. The van der Waals surface area contributed by atoms with Gasteiger partial charge in [-0.1, -0.05) is 0 Å². The molecule has 3 rings (SSSR count). The molecule has 0 spiro atoms. The molecule has 1 fully saturated rings. The maximum absolute atomic E-state index is 14.5. The number of piperidine rings is 1. The lowest BCUT2D eigenvalue weighted by molar-refractivity contribution is 0.190. The fourth-order valence-electron chi connectivity index (χ4n) is 3.82. The highest BCUT2D eigenvalue weighted by atomic mass is 19.1. The van der Waals surface area contributed by atoms with E-state index in [2.05, 4.69) is 5.32 Å². The van der Waals surface area contributed by atoms with Gasteiger partial charge in [0.25, 0.3) is 0 Å². The summed E-state index contributed by atoms with van der Waals surface area (Å²) in [5.74, 6) is -0.385. The van der Waals surface area contributed by atoms with Crippen LogP contribution in [0.2, 0.25) is 0 Å². The lowest BCUT2D eigenvalue weighted by Gasteiger charge is -2.25. The Morgan fingerprint density at radius 2 is 2.09 bits per heavy atom. The summed E-state index contributed by atoms with van der Waals surface area (Å²) >= 11 is 0. The van der Waals surface area contributed by atoms with Crippen LogP contribution in [0.3, 0.4) is 0 Å². The van der Waals surface area contributed by atoms with E-state index in [1.165, 1.54) is 12.1 Å². The van der Waals surface area contributed by atoms with E-state index in [-0.39, 0.29) is 11.6 Å². The van der Waals surface area contributed by atoms with Crippen LogP contribution in [0.5, 0.6) is 0 Å². The zero-order valence-electron chi connectivity index (χ0n) is 13.8. The first-order valence-electron chi connectivity index (χ1n) is 8.31. The first kappa shape index (κ1) is 16.4. The van der Waals surface area contributed by atoms with Gasteiger partial charge in [0.15, 0.2) is 0 Å². The second kappa shape index (κ2) is 6.97. The number of ether oxygens (including phenoxy) is 1. The van der Waals surface area contributed by atoms with Gasteiger partial charge in [0.05, 0.1) is 5.52 Å². The maximum Gasteiger partial charge on any atom is 0.147 e. The number of benzene rings is 1. The Balaban J connectivity index is 2.15. The average molecular weight is 322 g/mol. The van der Waals surface area contributed by atoms with Crippen molar-refractivity contribution in [2.24, 2.45) is 0 Å². The fourth-order valence-corrected chi connectivity index (χ4v) is 3.82. The number of nitrogens with one attached hydrogen (secondary N) is 1. The number of hydrogen-bond donors (Lipinski definition) is 1. The van der Waals surface area contributed by atoms with E-state index in [0.29, 0.717) is 30.0 Å². The Bertz CT molecular complexity index is 690. The van der Waals surface area contributed by atoms with Crippen LogP contribution in [0.15, 0.2) is 12.1 Å². The predicted octanol–water partition coefficient (Wildman–Crippen LogP) is 3.73. The van der Waals surface area contributed by atoms with Crippen LogP contribution in [0.25, 0.3) is 10.9 Å². The first-order chi connectivity index (χ1) is 11.1. The summed E-state index contributed by atoms with van der Waals surface area (Å²) in [7, 11) is 1.66. The van der Waals surface area contributed by atoms with Crippen molar-refractivity contribution in [2.45, 2.75) is 38.6 Å². The van der Waals surface area contributed by atoms with Gasteiger partial charge < -0.3 is 14.6 Å². The van der Waals surface area contributed by atoms with Crippen molar-refractivity contribution in [3.63, 3.8) is 0 Å². The van der Waals surface area contributed by atoms with E-state index in [1.54, 1.807) is 7.11 Å². The van der Waals surface area contributed by atoms with E-state index >= 15 is 0 Å². The Kier molecular flexibility index (Phi) is 4.97. The minimum atomic E-state index is -0.350. The molecule has 1 aliphatic heterocycles. The van der Waals surface area contributed by atoms with Crippen molar-refractivity contribution in [3.05, 3.63) is 35.0 Å². The van der Waals surface area contributed by atoms with E-state index < -0.39 is 0 Å². The van der Waals surface area contributed by atoms with Crippen LogP contribution in [-0.4, -0.2) is 31.4 Å². The molecule has 2 heterocycles. The van der Waals surface area contributed by atoms with E-state index in [9.17, 15) is 8.78 Å². The lowest BCUT2D eigenvalue weighted by atomic mass is 9.93. The topological polar surface area (TPSA) is 26.2 Å². The third-order valence-corrected chi connectivity index (χ3v) is 4.81. The van der Waals surface area contributed by atoms with Crippen LogP contribution in [0.4, 0.5) is 8.78 Å². The molecule has 1 aromatic carbocycles. The zero-order valence-corrected chi connectivity index (χ0v) is 13.8. The fraction of sp³-hybridized carbons (Fsp3) is 0.556. The molecule has 3 nitrogen and oxygen atoms in total. The summed E-state index contributed by atoms with van der Waals surface area (Å²) < 4.78 is 35.9. The average Bonchev–Trinajstić information content (AvgIpc) is 2.86. The van der Waals surface area contributed by atoms with E-state index in [4.69, 9.17) is 4.74 Å². The summed E-state index contributed by atoms with van der Waals surface area (Å²) in [5, 5.41) is 3.84. The molecule has 1 atom stereocenters. The Labute approximate surface area is 135 Å². The monoisotopic (exact) mass is 322 g/mol. The number of nitrogens with zero attached hydrogens (tertiary/aromatic N) is 1. The number of halogens is 2. The van der Waals surface area contributed by atoms with Gasteiger partial charge in [-0.05, 0) is 50.4 Å². The van der Waals surface area contributed by atoms with Gasteiger partial charge in [-0.25, -0.2) is 8.78 Å². The third kappa shape index (κ3) is 3.00. The molecule has 0 saturated carbocycles. The molecular weight excluding hydrogens is 298 g/mol. The highest BCUT2D eigenvalue weighted by molar-refractivity contribution is 5.86. The van der Waals surface area contributed by atoms with Gasteiger partial charge in [0, 0.05) is 43.8 Å². The van der Waals surface area contributed by atoms with Crippen molar-refractivity contribution in [2.75, 3.05) is 26.8 Å². The van der Waals surface area contributed by atoms with Gasteiger partial charge in [0.2, 0.25) is 0 Å². The van der Waals surface area contributed by atoms with Gasteiger partial charge in [-0.15, -0.1) is 0 Å². The molecule has 0 bridgehead atoms. The van der Waals surface area contributed by atoms with Crippen LogP contribution < -0.4 is 5.32 Å². The van der Waals surface area contributed by atoms with Crippen LogP contribution in [0, 0.1) is 18.6 Å². The molecule has 0 aliphatic carbocycles. The molecular formula is C18H24F2N2O. The third-order valence-electron chi connectivity index (χ3n) is 4.81. The van der Waals surface area contributed by atoms with Crippen molar-refractivity contribution in [3.8, 4) is 0 Å². The summed E-state index contributed by atoms with van der Waals surface area (Å²) in [5.41, 5.74) is 2.36. The van der Waals surface area contributed by atoms with E-state index in [1.807, 2.05) is 11.5 Å². The van der Waals surface area contributed by atoms with Gasteiger partial charge in [-0.2, -0.15) is 0 Å². The SMILES string of the molecule is COCCCn1c(C2CCCNC2)c(C)c2c(F)ccc(F)c21. The van der Waals surface area contributed by atoms with Gasteiger partial charge >= 0.3 is 0 Å².